The number of benzene rings is 1. The SMILES string of the molecule is Cc1cc(C(=O)N2CCN(c3ccccc3)CC2)nc(N2CCCCC2)n1. The molecule has 2 fully saturated rings. The van der Waals surface area contributed by atoms with Crippen molar-refractivity contribution in [2.24, 2.45) is 0 Å². The maximum atomic E-state index is 13.0. The van der Waals surface area contributed by atoms with Gasteiger partial charge in [0, 0.05) is 50.6 Å². The Kier molecular flexibility index (Phi) is 5.23. The summed E-state index contributed by atoms with van der Waals surface area (Å²) in [5.74, 6) is 0.729. The molecule has 2 aromatic rings. The van der Waals surface area contributed by atoms with Crippen LogP contribution in [0.25, 0.3) is 0 Å². The number of carbonyl (C=O) groups is 1. The highest BCUT2D eigenvalue weighted by Crippen LogP contribution is 2.19. The third kappa shape index (κ3) is 4.04. The summed E-state index contributed by atoms with van der Waals surface area (Å²) in [5.41, 5.74) is 2.60. The maximum Gasteiger partial charge on any atom is 0.272 e. The zero-order valence-corrected chi connectivity index (χ0v) is 16.0. The van der Waals surface area contributed by atoms with E-state index in [1.807, 2.05) is 24.0 Å². The predicted octanol–water partition coefficient (Wildman–Crippen LogP) is 2.74. The van der Waals surface area contributed by atoms with E-state index in [-0.39, 0.29) is 5.91 Å². The van der Waals surface area contributed by atoms with Crippen molar-refractivity contribution in [1.82, 2.24) is 14.9 Å². The Morgan fingerprint density at radius 3 is 2.26 bits per heavy atom. The van der Waals surface area contributed by atoms with E-state index in [0.717, 1.165) is 45.0 Å². The fraction of sp³-hybridized carbons (Fsp3) is 0.476. The number of piperazine rings is 1. The van der Waals surface area contributed by atoms with Crippen molar-refractivity contribution in [3.8, 4) is 0 Å². The van der Waals surface area contributed by atoms with E-state index in [1.165, 1.54) is 24.9 Å². The van der Waals surface area contributed by atoms with Gasteiger partial charge in [0.25, 0.3) is 5.91 Å². The number of hydrogen-bond donors (Lipinski definition) is 0. The molecule has 6 nitrogen and oxygen atoms in total. The van der Waals surface area contributed by atoms with Gasteiger partial charge in [0.2, 0.25) is 5.95 Å². The highest BCUT2D eigenvalue weighted by Gasteiger charge is 2.24. The summed E-state index contributed by atoms with van der Waals surface area (Å²) in [7, 11) is 0. The second-order valence-corrected chi connectivity index (χ2v) is 7.36. The number of aryl methyl sites for hydroxylation is 1. The number of nitrogens with zero attached hydrogens (tertiary/aromatic N) is 5. The molecule has 0 unspecified atom stereocenters. The highest BCUT2D eigenvalue weighted by molar-refractivity contribution is 5.93. The molecule has 0 aliphatic carbocycles. The topological polar surface area (TPSA) is 52.6 Å². The van der Waals surface area contributed by atoms with Gasteiger partial charge >= 0.3 is 0 Å². The summed E-state index contributed by atoms with van der Waals surface area (Å²) >= 11 is 0. The predicted molar refractivity (Wildman–Crippen MR) is 107 cm³/mol. The summed E-state index contributed by atoms with van der Waals surface area (Å²) in [6.07, 6.45) is 3.60. The van der Waals surface area contributed by atoms with Crippen LogP contribution in [0.5, 0.6) is 0 Å². The first kappa shape index (κ1) is 17.8. The first-order chi connectivity index (χ1) is 13.2. The zero-order valence-electron chi connectivity index (χ0n) is 16.0. The Morgan fingerprint density at radius 2 is 1.56 bits per heavy atom. The largest absolute Gasteiger partial charge is 0.368 e. The minimum Gasteiger partial charge on any atom is -0.368 e. The van der Waals surface area contributed by atoms with Crippen molar-refractivity contribution in [1.29, 1.82) is 0 Å². The molecule has 142 valence electrons. The minimum atomic E-state index is 0.0199. The van der Waals surface area contributed by atoms with Crippen molar-refractivity contribution in [2.75, 3.05) is 49.1 Å². The molecule has 0 atom stereocenters. The Balaban J connectivity index is 1.44. The molecule has 2 aliphatic rings. The molecule has 1 amide bonds. The van der Waals surface area contributed by atoms with Gasteiger partial charge in [-0.05, 0) is 44.4 Å². The van der Waals surface area contributed by atoms with Gasteiger partial charge in [0.15, 0.2) is 0 Å². The number of amides is 1. The minimum absolute atomic E-state index is 0.0199. The van der Waals surface area contributed by atoms with Gasteiger partial charge in [-0.1, -0.05) is 18.2 Å². The van der Waals surface area contributed by atoms with Crippen molar-refractivity contribution in [3.05, 3.63) is 47.8 Å². The lowest BCUT2D eigenvalue weighted by Gasteiger charge is -2.36. The van der Waals surface area contributed by atoms with Gasteiger partial charge in [0.05, 0.1) is 0 Å². The molecular formula is C21H27N5O. The lowest BCUT2D eigenvalue weighted by molar-refractivity contribution is 0.0740. The van der Waals surface area contributed by atoms with E-state index in [1.54, 1.807) is 0 Å². The molecule has 1 aromatic carbocycles. The molecule has 0 bridgehead atoms. The van der Waals surface area contributed by atoms with Crippen LogP contribution in [0.2, 0.25) is 0 Å². The van der Waals surface area contributed by atoms with Crippen molar-refractivity contribution >= 4 is 17.5 Å². The Bertz CT molecular complexity index is 780. The molecule has 0 spiro atoms. The molecule has 0 saturated carbocycles. The van der Waals surface area contributed by atoms with Gasteiger partial charge in [-0.3, -0.25) is 4.79 Å². The van der Waals surface area contributed by atoms with Crippen molar-refractivity contribution in [2.45, 2.75) is 26.2 Å². The zero-order chi connectivity index (χ0) is 18.6. The molecule has 0 N–H and O–H groups in total. The molecule has 4 rings (SSSR count). The normalized spacial score (nSPS) is 17.9. The van der Waals surface area contributed by atoms with E-state index in [4.69, 9.17) is 0 Å². The number of rotatable bonds is 3. The van der Waals surface area contributed by atoms with Gasteiger partial charge in [-0.15, -0.1) is 0 Å². The van der Waals surface area contributed by atoms with E-state index >= 15 is 0 Å². The van der Waals surface area contributed by atoms with Crippen LogP contribution >= 0.6 is 0 Å². The van der Waals surface area contributed by atoms with Crippen LogP contribution in [0.4, 0.5) is 11.6 Å². The number of hydrogen-bond acceptors (Lipinski definition) is 5. The maximum absolute atomic E-state index is 13.0. The van der Waals surface area contributed by atoms with Crippen LogP contribution in [0.3, 0.4) is 0 Å². The van der Waals surface area contributed by atoms with Crippen LogP contribution in [0.15, 0.2) is 36.4 Å². The molecule has 0 radical (unpaired) electrons. The summed E-state index contributed by atoms with van der Waals surface area (Å²) in [6.45, 7) is 7.03. The van der Waals surface area contributed by atoms with Gasteiger partial charge in [-0.2, -0.15) is 0 Å². The number of anilines is 2. The second kappa shape index (κ2) is 7.94. The lowest BCUT2D eigenvalue weighted by Crippen LogP contribution is -2.49. The quantitative estimate of drug-likeness (QED) is 0.837. The Labute approximate surface area is 160 Å². The van der Waals surface area contributed by atoms with E-state index in [2.05, 4.69) is 44.0 Å². The fourth-order valence-corrected chi connectivity index (χ4v) is 3.87. The first-order valence-corrected chi connectivity index (χ1v) is 9.90. The summed E-state index contributed by atoms with van der Waals surface area (Å²) in [4.78, 5) is 28.7. The van der Waals surface area contributed by atoms with Crippen LogP contribution in [-0.4, -0.2) is 60.0 Å². The average molecular weight is 365 g/mol. The summed E-state index contributed by atoms with van der Waals surface area (Å²) < 4.78 is 0. The number of carbonyl (C=O) groups excluding carboxylic acids is 1. The third-order valence-electron chi connectivity index (χ3n) is 5.39. The Hall–Kier alpha value is -2.63. The van der Waals surface area contributed by atoms with Crippen molar-refractivity contribution in [3.63, 3.8) is 0 Å². The first-order valence-electron chi connectivity index (χ1n) is 9.90. The van der Waals surface area contributed by atoms with Crippen molar-refractivity contribution < 1.29 is 4.79 Å². The standard InChI is InChI=1S/C21H27N5O/c1-17-16-19(23-21(22-17)26-10-6-3-7-11-26)20(27)25-14-12-24(13-15-25)18-8-4-2-5-9-18/h2,4-5,8-9,16H,3,6-7,10-15H2,1H3. The molecule has 1 aromatic heterocycles. The summed E-state index contributed by atoms with van der Waals surface area (Å²) in [6, 6.07) is 12.2. The monoisotopic (exact) mass is 365 g/mol. The smallest absolute Gasteiger partial charge is 0.272 e. The molecular weight excluding hydrogens is 338 g/mol. The van der Waals surface area contributed by atoms with Crippen LogP contribution in [0.1, 0.15) is 35.4 Å². The van der Waals surface area contributed by atoms with Crippen LogP contribution in [0, 0.1) is 6.92 Å². The van der Waals surface area contributed by atoms with Gasteiger partial charge in [-0.25, -0.2) is 9.97 Å². The highest BCUT2D eigenvalue weighted by atomic mass is 16.2. The molecule has 27 heavy (non-hydrogen) atoms. The van der Waals surface area contributed by atoms with Crippen LogP contribution < -0.4 is 9.80 Å². The van der Waals surface area contributed by atoms with E-state index in [0.29, 0.717) is 11.6 Å². The van der Waals surface area contributed by atoms with E-state index in [9.17, 15) is 4.79 Å². The molecule has 2 aliphatic heterocycles. The van der Waals surface area contributed by atoms with Gasteiger partial charge < -0.3 is 14.7 Å². The molecule has 3 heterocycles. The van der Waals surface area contributed by atoms with Crippen LogP contribution in [-0.2, 0) is 0 Å². The number of aromatic nitrogens is 2. The number of para-hydroxylation sites is 1. The summed E-state index contributed by atoms with van der Waals surface area (Å²) in [5, 5.41) is 0. The van der Waals surface area contributed by atoms with E-state index < -0.39 is 0 Å². The lowest BCUT2D eigenvalue weighted by atomic mass is 10.1. The molecule has 6 heteroatoms. The Morgan fingerprint density at radius 1 is 0.852 bits per heavy atom. The average Bonchev–Trinajstić information content (AvgIpc) is 2.74. The molecule has 2 saturated heterocycles. The number of piperidine rings is 1. The van der Waals surface area contributed by atoms with Gasteiger partial charge in [0.1, 0.15) is 5.69 Å². The second-order valence-electron chi connectivity index (χ2n) is 7.36. The third-order valence-corrected chi connectivity index (χ3v) is 5.39. The fourth-order valence-electron chi connectivity index (χ4n) is 3.87.